The molecule has 3 aromatic carbocycles. The van der Waals surface area contributed by atoms with Crippen LogP contribution in [-0.2, 0) is 12.8 Å². The van der Waals surface area contributed by atoms with Crippen LogP contribution in [0.1, 0.15) is 38.9 Å². The first-order valence-corrected chi connectivity index (χ1v) is 8.49. The molecule has 1 radical (unpaired) electrons. The summed E-state index contributed by atoms with van der Waals surface area (Å²) in [5.41, 5.74) is 7.32. The summed E-state index contributed by atoms with van der Waals surface area (Å²) in [5.74, 6) is 0.636. The van der Waals surface area contributed by atoms with Crippen molar-refractivity contribution in [3.05, 3.63) is 93.5 Å². The normalized spacial score (nSPS) is 10.8. The van der Waals surface area contributed by atoms with E-state index < -0.39 is 0 Å². The predicted octanol–water partition coefficient (Wildman–Crippen LogP) is 5.00. The number of hydrogen-bond donors (Lipinski definition) is 2. The Morgan fingerprint density at radius 1 is 0.640 bits per heavy atom. The molecule has 3 aromatic rings. The average Bonchev–Trinajstić information content (AvgIpc) is 2.54. The predicted molar refractivity (Wildman–Crippen MR) is 101 cm³/mol. The lowest BCUT2D eigenvalue weighted by atomic mass is 9.95. The molecule has 0 aliphatic rings. The van der Waals surface area contributed by atoms with Crippen molar-refractivity contribution in [2.75, 3.05) is 0 Å². The monoisotopic (exact) mass is 331 g/mol. The number of hydrogen-bond acceptors (Lipinski definition) is 2. The van der Waals surface area contributed by atoms with Crippen LogP contribution in [0.4, 0.5) is 0 Å². The number of rotatable bonds is 4. The summed E-state index contributed by atoms with van der Waals surface area (Å²) in [5, 5.41) is 20.2. The molecular formula is C23H23O2. The maximum Gasteiger partial charge on any atom is 0.119 e. The first-order valence-electron chi connectivity index (χ1n) is 8.49. The molecule has 0 fully saturated rings. The Balaban J connectivity index is 1.90. The second-order valence-electron chi connectivity index (χ2n) is 6.83. The molecule has 0 bridgehead atoms. The van der Waals surface area contributed by atoms with Gasteiger partial charge in [0.15, 0.2) is 0 Å². The van der Waals surface area contributed by atoms with Crippen LogP contribution >= 0.6 is 0 Å². The zero-order valence-corrected chi connectivity index (χ0v) is 14.9. The first kappa shape index (κ1) is 17.1. The maximum atomic E-state index is 10.1. The van der Waals surface area contributed by atoms with Gasteiger partial charge >= 0.3 is 0 Å². The summed E-state index contributed by atoms with van der Waals surface area (Å²) in [4.78, 5) is 0. The van der Waals surface area contributed by atoms with Crippen LogP contribution in [0.3, 0.4) is 0 Å². The first-order chi connectivity index (χ1) is 11.9. The molecular weight excluding hydrogens is 308 g/mol. The van der Waals surface area contributed by atoms with Gasteiger partial charge in [0, 0.05) is 12.8 Å². The topological polar surface area (TPSA) is 40.5 Å². The molecule has 0 amide bonds. The van der Waals surface area contributed by atoms with Crippen molar-refractivity contribution in [1.82, 2.24) is 0 Å². The number of aromatic hydroxyl groups is 2. The van der Waals surface area contributed by atoms with Crippen LogP contribution in [0.2, 0.25) is 0 Å². The Morgan fingerprint density at radius 3 is 1.52 bits per heavy atom. The van der Waals surface area contributed by atoms with Crippen molar-refractivity contribution >= 4 is 0 Å². The standard InChI is InChI=1S/C23H23O2/c1-15-4-6-22(24)20(10-15)13-18-8-17(3)9-19(12-18)14-21-11-16(2)5-7-23(21)25/h4-11,24-25H,13-14H2,1-3H3. The van der Waals surface area contributed by atoms with Gasteiger partial charge in [-0.3, -0.25) is 0 Å². The molecule has 0 heterocycles. The second-order valence-corrected chi connectivity index (χ2v) is 6.83. The van der Waals surface area contributed by atoms with E-state index in [1.165, 1.54) is 0 Å². The number of aryl methyl sites for hydroxylation is 3. The van der Waals surface area contributed by atoms with E-state index in [0.717, 1.165) is 38.9 Å². The molecule has 25 heavy (non-hydrogen) atoms. The van der Waals surface area contributed by atoms with Crippen LogP contribution in [0.5, 0.6) is 11.5 Å². The summed E-state index contributed by atoms with van der Waals surface area (Å²) >= 11 is 0. The van der Waals surface area contributed by atoms with Gasteiger partial charge in [-0.1, -0.05) is 53.1 Å². The van der Waals surface area contributed by atoms with E-state index in [9.17, 15) is 10.2 Å². The van der Waals surface area contributed by atoms with Crippen molar-refractivity contribution in [2.45, 2.75) is 33.6 Å². The highest BCUT2D eigenvalue weighted by Gasteiger charge is 2.08. The SMILES string of the molecule is Cc1cc(Cc2cc(C)ccc2O)[c]c(Cc2cc(C)ccc2O)c1. The fourth-order valence-electron chi connectivity index (χ4n) is 3.18. The van der Waals surface area contributed by atoms with Crippen molar-refractivity contribution < 1.29 is 10.2 Å². The molecule has 0 aromatic heterocycles. The largest absolute Gasteiger partial charge is 0.508 e. The van der Waals surface area contributed by atoms with Gasteiger partial charge in [0.2, 0.25) is 0 Å². The highest BCUT2D eigenvalue weighted by atomic mass is 16.3. The van der Waals surface area contributed by atoms with Crippen molar-refractivity contribution in [3.63, 3.8) is 0 Å². The van der Waals surface area contributed by atoms with Crippen LogP contribution in [-0.4, -0.2) is 10.2 Å². The van der Waals surface area contributed by atoms with Gasteiger partial charge in [-0.2, -0.15) is 0 Å². The molecule has 0 aliphatic heterocycles. The number of phenols is 2. The summed E-state index contributed by atoms with van der Waals surface area (Å²) < 4.78 is 0. The van der Waals surface area contributed by atoms with Crippen LogP contribution in [0.25, 0.3) is 0 Å². The van der Waals surface area contributed by atoms with Gasteiger partial charge in [0.25, 0.3) is 0 Å². The Morgan fingerprint density at radius 2 is 1.08 bits per heavy atom. The summed E-state index contributed by atoms with van der Waals surface area (Å²) in [7, 11) is 0. The molecule has 127 valence electrons. The second kappa shape index (κ2) is 7.02. The summed E-state index contributed by atoms with van der Waals surface area (Å²) in [6, 6.07) is 19.0. The fourth-order valence-corrected chi connectivity index (χ4v) is 3.18. The van der Waals surface area contributed by atoms with Crippen LogP contribution < -0.4 is 0 Å². The van der Waals surface area contributed by atoms with Crippen LogP contribution in [0.15, 0.2) is 48.5 Å². The molecule has 0 unspecified atom stereocenters. The van der Waals surface area contributed by atoms with Gasteiger partial charge in [0.1, 0.15) is 11.5 Å². The van der Waals surface area contributed by atoms with Gasteiger partial charge in [0.05, 0.1) is 0 Å². The van der Waals surface area contributed by atoms with Crippen molar-refractivity contribution in [3.8, 4) is 11.5 Å². The molecule has 3 rings (SSSR count). The molecule has 0 saturated heterocycles. The molecule has 0 spiro atoms. The molecule has 0 aliphatic carbocycles. The Labute approximate surface area is 149 Å². The van der Waals surface area contributed by atoms with E-state index in [4.69, 9.17) is 0 Å². The lowest BCUT2D eigenvalue weighted by molar-refractivity contribution is 0.469. The third-order valence-corrected chi connectivity index (χ3v) is 4.36. The maximum absolute atomic E-state index is 10.1. The van der Waals surface area contributed by atoms with Crippen molar-refractivity contribution in [2.24, 2.45) is 0 Å². The lowest BCUT2D eigenvalue weighted by Crippen LogP contribution is -1.96. The van der Waals surface area contributed by atoms with E-state index in [1.54, 1.807) is 12.1 Å². The summed E-state index contributed by atoms with van der Waals surface area (Å²) in [6.07, 6.45) is 1.28. The Bertz CT molecular complexity index is 838. The zero-order valence-electron chi connectivity index (χ0n) is 14.9. The summed E-state index contributed by atoms with van der Waals surface area (Å²) in [6.45, 7) is 6.11. The van der Waals surface area contributed by atoms with Gasteiger partial charge in [-0.25, -0.2) is 0 Å². The third kappa shape index (κ3) is 4.21. The highest BCUT2D eigenvalue weighted by molar-refractivity contribution is 5.43. The molecule has 2 nitrogen and oxygen atoms in total. The Hall–Kier alpha value is -2.74. The fraction of sp³-hybridized carbons (Fsp3) is 0.217. The molecule has 0 saturated carbocycles. The van der Waals surface area contributed by atoms with E-state index >= 15 is 0 Å². The van der Waals surface area contributed by atoms with Gasteiger partial charge in [-0.15, -0.1) is 0 Å². The van der Waals surface area contributed by atoms with E-state index in [0.29, 0.717) is 24.3 Å². The van der Waals surface area contributed by atoms with Gasteiger partial charge in [-0.05, 0) is 61.2 Å². The minimum Gasteiger partial charge on any atom is -0.508 e. The van der Waals surface area contributed by atoms with Gasteiger partial charge < -0.3 is 10.2 Å². The Kier molecular flexibility index (Phi) is 4.80. The molecule has 2 heteroatoms. The lowest BCUT2D eigenvalue weighted by Gasteiger charge is -2.11. The average molecular weight is 331 g/mol. The van der Waals surface area contributed by atoms with E-state index in [-0.39, 0.29) is 0 Å². The number of benzene rings is 3. The minimum absolute atomic E-state index is 0.318. The smallest absolute Gasteiger partial charge is 0.119 e. The highest BCUT2D eigenvalue weighted by Crippen LogP contribution is 2.25. The number of phenolic OH excluding ortho intramolecular Hbond substituents is 2. The van der Waals surface area contributed by atoms with Crippen molar-refractivity contribution in [1.29, 1.82) is 0 Å². The molecule has 2 N–H and O–H groups in total. The third-order valence-electron chi connectivity index (χ3n) is 4.36. The minimum atomic E-state index is 0.318. The van der Waals surface area contributed by atoms with E-state index in [2.05, 4.69) is 25.1 Å². The van der Waals surface area contributed by atoms with Crippen LogP contribution in [0, 0.1) is 26.8 Å². The zero-order chi connectivity index (χ0) is 18.0. The molecule has 0 atom stereocenters. The quantitative estimate of drug-likeness (QED) is 0.706. The van der Waals surface area contributed by atoms with E-state index in [1.807, 2.05) is 38.1 Å².